The molecule has 2 unspecified atom stereocenters. The first-order chi connectivity index (χ1) is 9.56. The summed E-state index contributed by atoms with van der Waals surface area (Å²) in [4.78, 5) is 23.7. The third kappa shape index (κ3) is 4.07. The Morgan fingerprint density at radius 2 is 1.75 bits per heavy atom. The van der Waals surface area contributed by atoms with Crippen LogP contribution in [0.2, 0.25) is 0 Å². The molecule has 1 aromatic carbocycles. The van der Waals surface area contributed by atoms with E-state index in [-0.39, 0.29) is 6.04 Å². The molecule has 1 aliphatic rings. The molecule has 1 aliphatic carbocycles. The summed E-state index contributed by atoms with van der Waals surface area (Å²) < 4.78 is 0.927. The molecular weight excluding hydrogens is 320 g/mol. The van der Waals surface area contributed by atoms with Crippen LogP contribution >= 0.6 is 15.9 Å². The van der Waals surface area contributed by atoms with Gasteiger partial charge in [0.05, 0.1) is 0 Å². The van der Waals surface area contributed by atoms with Gasteiger partial charge in [-0.1, -0.05) is 35.7 Å². The molecule has 1 saturated carbocycles. The molecule has 108 valence electrons. The van der Waals surface area contributed by atoms with Crippen molar-refractivity contribution in [2.45, 2.75) is 38.6 Å². The fourth-order valence-corrected chi connectivity index (χ4v) is 2.75. The quantitative estimate of drug-likeness (QED) is 0.814. The van der Waals surface area contributed by atoms with E-state index >= 15 is 0 Å². The molecule has 5 heteroatoms. The average molecular weight is 339 g/mol. The van der Waals surface area contributed by atoms with Crippen LogP contribution in [-0.4, -0.2) is 17.9 Å². The van der Waals surface area contributed by atoms with Crippen molar-refractivity contribution in [3.63, 3.8) is 0 Å². The van der Waals surface area contributed by atoms with Crippen molar-refractivity contribution < 1.29 is 9.59 Å². The van der Waals surface area contributed by atoms with E-state index in [2.05, 4.69) is 33.5 Å². The second kappa shape index (κ2) is 6.88. The van der Waals surface area contributed by atoms with Gasteiger partial charge in [-0.25, -0.2) is 0 Å². The van der Waals surface area contributed by atoms with Gasteiger partial charge in [-0.05, 0) is 43.0 Å². The minimum absolute atomic E-state index is 0.118. The molecule has 0 aliphatic heterocycles. The molecule has 1 fully saturated rings. The van der Waals surface area contributed by atoms with Gasteiger partial charge in [0.2, 0.25) is 0 Å². The zero-order valence-corrected chi connectivity index (χ0v) is 13.1. The van der Waals surface area contributed by atoms with Crippen LogP contribution in [-0.2, 0) is 9.59 Å². The number of carbonyl (C=O) groups excluding carboxylic acids is 2. The van der Waals surface area contributed by atoms with Gasteiger partial charge in [0.25, 0.3) is 0 Å². The van der Waals surface area contributed by atoms with Crippen molar-refractivity contribution in [1.82, 2.24) is 5.32 Å². The monoisotopic (exact) mass is 338 g/mol. The maximum absolute atomic E-state index is 11.9. The van der Waals surface area contributed by atoms with E-state index in [9.17, 15) is 9.59 Å². The molecule has 2 N–H and O–H groups in total. The highest BCUT2D eigenvalue weighted by molar-refractivity contribution is 9.10. The number of rotatable bonds is 2. The molecule has 0 saturated heterocycles. The molecule has 0 heterocycles. The van der Waals surface area contributed by atoms with Crippen molar-refractivity contribution in [3.8, 4) is 0 Å². The third-order valence-corrected chi connectivity index (χ3v) is 4.26. The van der Waals surface area contributed by atoms with Crippen LogP contribution in [0, 0.1) is 5.92 Å². The van der Waals surface area contributed by atoms with E-state index in [1.165, 1.54) is 6.42 Å². The Labute approximate surface area is 127 Å². The highest BCUT2D eigenvalue weighted by Gasteiger charge is 2.25. The fourth-order valence-electron chi connectivity index (χ4n) is 2.49. The molecule has 0 spiro atoms. The molecule has 4 nitrogen and oxygen atoms in total. The summed E-state index contributed by atoms with van der Waals surface area (Å²) >= 11 is 3.32. The maximum atomic E-state index is 11.9. The summed E-state index contributed by atoms with van der Waals surface area (Å²) in [6.07, 6.45) is 4.39. The van der Waals surface area contributed by atoms with E-state index in [4.69, 9.17) is 0 Å². The average Bonchev–Trinajstić information content (AvgIpc) is 2.44. The smallest absolute Gasteiger partial charge is 0.313 e. The number of anilines is 1. The van der Waals surface area contributed by atoms with Crippen LogP contribution in [0.3, 0.4) is 0 Å². The van der Waals surface area contributed by atoms with Crippen LogP contribution in [0.15, 0.2) is 28.7 Å². The Balaban J connectivity index is 1.88. The fraction of sp³-hybridized carbons (Fsp3) is 0.467. The number of hydrogen-bond donors (Lipinski definition) is 2. The van der Waals surface area contributed by atoms with Crippen molar-refractivity contribution in [1.29, 1.82) is 0 Å². The number of carbonyl (C=O) groups is 2. The molecule has 2 amide bonds. The van der Waals surface area contributed by atoms with E-state index in [0.29, 0.717) is 11.6 Å². The summed E-state index contributed by atoms with van der Waals surface area (Å²) in [5.74, 6) is -0.718. The lowest BCUT2D eigenvalue weighted by Crippen LogP contribution is -2.45. The zero-order valence-electron chi connectivity index (χ0n) is 11.5. The zero-order chi connectivity index (χ0) is 14.5. The first-order valence-corrected chi connectivity index (χ1v) is 7.73. The van der Waals surface area contributed by atoms with Gasteiger partial charge in [-0.2, -0.15) is 0 Å². The minimum atomic E-state index is -0.606. The topological polar surface area (TPSA) is 58.2 Å². The molecule has 2 atom stereocenters. The van der Waals surface area contributed by atoms with E-state index in [1.54, 1.807) is 12.1 Å². The van der Waals surface area contributed by atoms with Gasteiger partial charge < -0.3 is 10.6 Å². The van der Waals surface area contributed by atoms with E-state index < -0.39 is 11.8 Å². The Morgan fingerprint density at radius 1 is 1.10 bits per heavy atom. The Morgan fingerprint density at radius 3 is 2.40 bits per heavy atom. The molecule has 0 aromatic heterocycles. The lowest BCUT2D eigenvalue weighted by Gasteiger charge is -2.29. The minimum Gasteiger partial charge on any atom is -0.345 e. The van der Waals surface area contributed by atoms with Gasteiger partial charge in [-0.3, -0.25) is 9.59 Å². The van der Waals surface area contributed by atoms with Crippen molar-refractivity contribution in [3.05, 3.63) is 28.7 Å². The van der Waals surface area contributed by atoms with Gasteiger partial charge in [0.15, 0.2) is 0 Å². The highest BCUT2D eigenvalue weighted by Crippen LogP contribution is 2.23. The Bertz CT molecular complexity index is 487. The lowest BCUT2D eigenvalue weighted by molar-refractivity contribution is -0.137. The van der Waals surface area contributed by atoms with E-state index in [0.717, 1.165) is 23.7 Å². The molecular formula is C15H19BrN2O2. The molecule has 2 rings (SSSR count). The van der Waals surface area contributed by atoms with Gasteiger partial charge in [0.1, 0.15) is 0 Å². The Hall–Kier alpha value is -1.36. The summed E-state index contributed by atoms with van der Waals surface area (Å²) in [7, 11) is 0. The first kappa shape index (κ1) is 15.0. The molecule has 20 heavy (non-hydrogen) atoms. The number of halogens is 1. The lowest BCUT2D eigenvalue weighted by atomic mass is 9.86. The standard InChI is InChI=1S/C15H19BrN2O2/c1-10-4-2-3-5-13(10)18-15(20)14(19)17-12-8-6-11(16)7-9-12/h6-10,13H,2-5H2,1H3,(H,17,19)(H,18,20). The van der Waals surface area contributed by atoms with Crippen LogP contribution in [0.25, 0.3) is 0 Å². The SMILES string of the molecule is CC1CCCCC1NC(=O)C(=O)Nc1ccc(Br)cc1. The molecule has 0 radical (unpaired) electrons. The Kier molecular flexibility index (Phi) is 5.17. The largest absolute Gasteiger partial charge is 0.345 e. The maximum Gasteiger partial charge on any atom is 0.313 e. The second-order valence-corrected chi connectivity index (χ2v) is 6.22. The summed E-state index contributed by atoms with van der Waals surface area (Å²) in [6.45, 7) is 2.12. The van der Waals surface area contributed by atoms with Crippen molar-refractivity contribution in [2.24, 2.45) is 5.92 Å². The van der Waals surface area contributed by atoms with Gasteiger partial charge >= 0.3 is 11.8 Å². The third-order valence-electron chi connectivity index (χ3n) is 3.74. The van der Waals surface area contributed by atoms with Gasteiger partial charge in [0, 0.05) is 16.2 Å². The van der Waals surface area contributed by atoms with Crippen LogP contribution < -0.4 is 10.6 Å². The van der Waals surface area contributed by atoms with Crippen LogP contribution in [0.4, 0.5) is 5.69 Å². The van der Waals surface area contributed by atoms with Crippen molar-refractivity contribution >= 4 is 33.4 Å². The van der Waals surface area contributed by atoms with E-state index in [1.807, 2.05) is 12.1 Å². The number of hydrogen-bond acceptors (Lipinski definition) is 2. The first-order valence-electron chi connectivity index (χ1n) is 6.93. The predicted octanol–water partition coefficient (Wildman–Crippen LogP) is 3.08. The normalized spacial score (nSPS) is 22.1. The van der Waals surface area contributed by atoms with Gasteiger partial charge in [-0.15, -0.1) is 0 Å². The van der Waals surface area contributed by atoms with Crippen LogP contribution in [0.1, 0.15) is 32.6 Å². The van der Waals surface area contributed by atoms with Crippen molar-refractivity contribution in [2.75, 3.05) is 5.32 Å². The summed E-state index contributed by atoms with van der Waals surface area (Å²) in [5.41, 5.74) is 0.616. The molecule has 0 bridgehead atoms. The summed E-state index contributed by atoms with van der Waals surface area (Å²) in [5, 5.41) is 5.44. The molecule has 1 aromatic rings. The summed E-state index contributed by atoms with van der Waals surface area (Å²) in [6, 6.07) is 7.25. The number of nitrogens with one attached hydrogen (secondary N) is 2. The predicted molar refractivity (Wildman–Crippen MR) is 82.3 cm³/mol. The number of amides is 2. The van der Waals surface area contributed by atoms with Crippen LogP contribution in [0.5, 0.6) is 0 Å². The number of benzene rings is 1. The second-order valence-electron chi connectivity index (χ2n) is 5.30. The highest BCUT2D eigenvalue weighted by atomic mass is 79.9.